The molecule has 2 aromatic carbocycles. The summed E-state index contributed by atoms with van der Waals surface area (Å²) in [6.45, 7) is 1.87. The zero-order valence-corrected chi connectivity index (χ0v) is 16.1. The van der Waals surface area contributed by atoms with Crippen molar-refractivity contribution in [2.45, 2.75) is 6.92 Å². The van der Waals surface area contributed by atoms with E-state index >= 15 is 0 Å². The van der Waals surface area contributed by atoms with Crippen LogP contribution in [0.5, 0.6) is 11.5 Å². The molecular formula is C20H15F2N3O3S. The van der Waals surface area contributed by atoms with E-state index in [4.69, 9.17) is 14.7 Å². The predicted octanol–water partition coefficient (Wildman–Crippen LogP) is 4.38. The fourth-order valence-electron chi connectivity index (χ4n) is 2.38. The van der Waals surface area contributed by atoms with E-state index in [1.165, 1.54) is 12.1 Å². The summed E-state index contributed by atoms with van der Waals surface area (Å²) in [4.78, 5) is 16.3. The van der Waals surface area contributed by atoms with Gasteiger partial charge in [0.2, 0.25) is 0 Å². The molecule has 1 aromatic heterocycles. The van der Waals surface area contributed by atoms with Crippen molar-refractivity contribution < 1.29 is 23.0 Å². The summed E-state index contributed by atoms with van der Waals surface area (Å²) in [5.74, 6) is -1.66. The van der Waals surface area contributed by atoms with Gasteiger partial charge in [0.25, 0.3) is 5.91 Å². The number of nitrogens with one attached hydrogen (secondary N) is 1. The predicted molar refractivity (Wildman–Crippen MR) is 104 cm³/mol. The summed E-state index contributed by atoms with van der Waals surface area (Å²) in [7, 11) is 0. The molecule has 0 saturated carbocycles. The first-order chi connectivity index (χ1) is 14.0. The van der Waals surface area contributed by atoms with Crippen molar-refractivity contribution in [3.05, 3.63) is 59.0 Å². The molecule has 1 N–H and O–H groups in total. The van der Waals surface area contributed by atoms with Crippen molar-refractivity contribution in [2.75, 3.05) is 18.5 Å². The lowest BCUT2D eigenvalue weighted by Gasteiger charge is -2.11. The SMILES string of the molecule is CCOc1cc(C#N)ccc1OCC(=O)Nc1nc(-c2ccc(F)c(F)c2)cs1. The fourth-order valence-corrected chi connectivity index (χ4v) is 3.12. The first-order valence-corrected chi connectivity index (χ1v) is 9.38. The summed E-state index contributed by atoms with van der Waals surface area (Å²) in [5.41, 5.74) is 1.23. The van der Waals surface area contributed by atoms with E-state index in [0.29, 0.717) is 40.1 Å². The summed E-state index contributed by atoms with van der Waals surface area (Å²) < 4.78 is 37.3. The Labute approximate surface area is 169 Å². The Morgan fingerprint density at radius 3 is 2.72 bits per heavy atom. The molecule has 3 rings (SSSR count). The van der Waals surface area contributed by atoms with Crippen molar-refractivity contribution in [1.29, 1.82) is 5.26 Å². The standard InChI is InChI=1S/C20H15F2N3O3S/c1-2-27-18-7-12(9-23)3-6-17(18)28-10-19(26)25-20-24-16(11-29-20)13-4-5-14(21)15(22)8-13/h3-8,11H,2,10H2,1H3,(H,24,25,26). The third kappa shape index (κ3) is 5.06. The van der Waals surface area contributed by atoms with Crippen molar-refractivity contribution in [3.8, 4) is 28.8 Å². The number of nitriles is 1. The smallest absolute Gasteiger partial charge is 0.264 e. The third-order valence-electron chi connectivity index (χ3n) is 3.70. The molecule has 0 fully saturated rings. The highest BCUT2D eigenvalue weighted by atomic mass is 32.1. The molecule has 6 nitrogen and oxygen atoms in total. The minimum absolute atomic E-state index is 0.295. The second-order valence-corrected chi connectivity index (χ2v) is 6.57. The maximum absolute atomic E-state index is 13.4. The van der Waals surface area contributed by atoms with Gasteiger partial charge >= 0.3 is 0 Å². The third-order valence-corrected chi connectivity index (χ3v) is 4.46. The van der Waals surface area contributed by atoms with Crippen LogP contribution < -0.4 is 14.8 Å². The van der Waals surface area contributed by atoms with Gasteiger partial charge in [0.15, 0.2) is 34.9 Å². The van der Waals surface area contributed by atoms with Crippen LogP contribution in [-0.4, -0.2) is 24.1 Å². The Kier molecular flexibility index (Phi) is 6.36. The van der Waals surface area contributed by atoms with Gasteiger partial charge in [0, 0.05) is 17.0 Å². The number of thiazole rings is 1. The number of carbonyl (C=O) groups excluding carboxylic acids is 1. The number of halogens is 2. The van der Waals surface area contributed by atoms with E-state index < -0.39 is 17.5 Å². The van der Waals surface area contributed by atoms with Crippen LogP contribution in [0.3, 0.4) is 0 Å². The highest BCUT2D eigenvalue weighted by Crippen LogP contribution is 2.29. The zero-order valence-electron chi connectivity index (χ0n) is 15.2. The van der Waals surface area contributed by atoms with Crippen LogP contribution in [0.15, 0.2) is 41.8 Å². The van der Waals surface area contributed by atoms with Gasteiger partial charge < -0.3 is 9.47 Å². The van der Waals surface area contributed by atoms with Crippen molar-refractivity contribution in [2.24, 2.45) is 0 Å². The van der Waals surface area contributed by atoms with Gasteiger partial charge in [0.1, 0.15) is 0 Å². The van der Waals surface area contributed by atoms with Gasteiger partial charge in [-0.3, -0.25) is 10.1 Å². The van der Waals surface area contributed by atoms with Crippen LogP contribution in [0.4, 0.5) is 13.9 Å². The van der Waals surface area contributed by atoms with Crippen LogP contribution in [0, 0.1) is 23.0 Å². The molecule has 0 aliphatic heterocycles. The summed E-state index contributed by atoms with van der Waals surface area (Å²) in [5, 5.41) is 13.5. The van der Waals surface area contributed by atoms with E-state index in [9.17, 15) is 13.6 Å². The number of aromatic nitrogens is 1. The molecule has 148 valence electrons. The molecular weight excluding hydrogens is 400 g/mol. The van der Waals surface area contributed by atoms with Crippen LogP contribution in [0.1, 0.15) is 12.5 Å². The lowest BCUT2D eigenvalue weighted by atomic mass is 10.2. The number of carbonyl (C=O) groups is 1. The molecule has 0 bridgehead atoms. The molecule has 0 unspecified atom stereocenters. The topological polar surface area (TPSA) is 84.2 Å². The molecule has 0 aliphatic rings. The molecule has 9 heteroatoms. The Morgan fingerprint density at radius 1 is 1.17 bits per heavy atom. The Bertz CT molecular complexity index is 1080. The fraction of sp³-hybridized carbons (Fsp3) is 0.150. The second kappa shape index (κ2) is 9.12. The van der Waals surface area contributed by atoms with Crippen LogP contribution in [0.2, 0.25) is 0 Å². The maximum Gasteiger partial charge on any atom is 0.264 e. The number of benzene rings is 2. The molecule has 0 spiro atoms. The molecule has 0 saturated heterocycles. The summed E-state index contributed by atoms with van der Waals surface area (Å²) >= 11 is 1.15. The molecule has 1 amide bonds. The van der Waals surface area contributed by atoms with Gasteiger partial charge in [0.05, 0.1) is 23.9 Å². The van der Waals surface area contributed by atoms with Gasteiger partial charge in [-0.15, -0.1) is 11.3 Å². The monoisotopic (exact) mass is 415 g/mol. The number of hydrogen-bond acceptors (Lipinski definition) is 6. The molecule has 1 heterocycles. The minimum Gasteiger partial charge on any atom is -0.490 e. The van der Waals surface area contributed by atoms with E-state index in [1.807, 2.05) is 6.07 Å². The lowest BCUT2D eigenvalue weighted by molar-refractivity contribution is -0.118. The van der Waals surface area contributed by atoms with E-state index in [2.05, 4.69) is 10.3 Å². The molecule has 3 aromatic rings. The Morgan fingerprint density at radius 2 is 2.00 bits per heavy atom. The second-order valence-electron chi connectivity index (χ2n) is 5.71. The molecule has 0 radical (unpaired) electrons. The van der Waals surface area contributed by atoms with Crippen molar-refractivity contribution in [3.63, 3.8) is 0 Å². The van der Waals surface area contributed by atoms with E-state index in [0.717, 1.165) is 23.5 Å². The Balaban J connectivity index is 1.63. The number of ether oxygens (including phenoxy) is 2. The first kappa shape index (κ1) is 20.2. The van der Waals surface area contributed by atoms with Gasteiger partial charge in [-0.25, -0.2) is 13.8 Å². The lowest BCUT2D eigenvalue weighted by Crippen LogP contribution is -2.20. The number of anilines is 1. The number of nitrogens with zero attached hydrogens (tertiary/aromatic N) is 2. The van der Waals surface area contributed by atoms with Crippen LogP contribution in [0.25, 0.3) is 11.3 Å². The Hall–Kier alpha value is -3.51. The van der Waals surface area contributed by atoms with Crippen LogP contribution >= 0.6 is 11.3 Å². The van der Waals surface area contributed by atoms with E-state index in [1.54, 1.807) is 24.4 Å². The minimum atomic E-state index is -0.970. The highest BCUT2D eigenvalue weighted by molar-refractivity contribution is 7.14. The van der Waals surface area contributed by atoms with Crippen molar-refractivity contribution >= 4 is 22.4 Å². The largest absolute Gasteiger partial charge is 0.490 e. The normalized spacial score (nSPS) is 10.3. The van der Waals surface area contributed by atoms with Crippen LogP contribution in [-0.2, 0) is 4.79 Å². The highest BCUT2D eigenvalue weighted by Gasteiger charge is 2.12. The quantitative estimate of drug-likeness (QED) is 0.619. The first-order valence-electron chi connectivity index (χ1n) is 8.50. The average molecular weight is 415 g/mol. The number of rotatable bonds is 7. The number of hydrogen-bond donors (Lipinski definition) is 1. The van der Waals surface area contributed by atoms with E-state index in [-0.39, 0.29) is 6.61 Å². The molecule has 0 atom stereocenters. The molecule has 0 aliphatic carbocycles. The van der Waals surface area contributed by atoms with Gasteiger partial charge in [-0.05, 0) is 37.3 Å². The average Bonchev–Trinajstić information content (AvgIpc) is 3.17. The summed E-state index contributed by atoms with van der Waals surface area (Å²) in [6.07, 6.45) is 0. The van der Waals surface area contributed by atoms with Gasteiger partial charge in [-0.2, -0.15) is 5.26 Å². The van der Waals surface area contributed by atoms with Gasteiger partial charge in [-0.1, -0.05) is 0 Å². The maximum atomic E-state index is 13.4. The summed E-state index contributed by atoms with van der Waals surface area (Å²) in [6, 6.07) is 10.1. The molecule has 29 heavy (non-hydrogen) atoms. The zero-order chi connectivity index (χ0) is 20.8. The number of amides is 1. The van der Waals surface area contributed by atoms with Crippen molar-refractivity contribution in [1.82, 2.24) is 4.98 Å².